The molecule has 1 rings (SSSR count). The summed E-state index contributed by atoms with van der Waals surface area (Å²) in [6.07, 6.45) is 0. The van der Waals surface area contributed by atoms with Crippen molar-refractivity contribution in [2.75, 3.05) is 33.4 Å². The van der Waals surface area contributed by atoms with E-state index in [1.165, 1.54) is 11.4 Å². The van der Waals surface area contributed by atoms with Crippen LogP contribution in [0.5, 0.6) is 0 Å². The predicted octanol–water partition coefficient (Wildman–Crippen LogP) is -0.433. The van der Waals surface area contributed by atoms with Gasteiger partial charge < -0.3 is 9.46 Å². The van der Waals surface area contributed by atoms with Gasteiger partial charge in [-0.25, -0.2) is 12.7 Å². The van der Waals surface area contributed by atoms with E-state index in [1.54, 1.807) is 0 Å². The third kappa shape index (κ3) is 2.13. The van der Waals surface area contributed by atoms with Crippen molar-refractivity contribution in [1.29, 1.82) is 0 Å². The summed E-state index contributed by atoms with van der Waals surface area (Å²) in [6, 6.07) is 0. The number of morpholine rings is 1. The van der Waals surface area contributed by atoms with Crippen molar-refractivity contribution < 1.29 is 13.2 Å². The third-order valence-corrected chi connectivity index (χ3v) is 3.01. The van der Waals surface area contributed by atoms with Crippen molar-refractivity contribution in [2.24, 2.45) is 0 Å². The Kier molecular flexibility index (Phi) is 2.83. The van der Waals surface area contributed by atoms with Crippen molar-refractivity contribution in [3.63, 3.8) is 0 Å². The lowest BCUT2D eigenvalue weighted by atomic mass is 10.5. The summed E-state index contributed by atoms with van der Waals surface area (Å²) in [5, 5.41) is 0. The number of hydrogen-bond donors (Lipinski definition) is 0. The summed E-state index contributed by atoms with van der Waals surface area (Å²) in [7, 11) is -2.06. The average Bonchev–Trinajstić information content (AvgIpc) is 2.06. The van der Waals surface area contributed by atoms with Crippen molar-refractivity contribution in [3.8, 4) is 0 Å². The summed E-state index contributed by atoms with van der Waals surface area (Å²) in [6.45, 7) is 1.77. The number of rotatable bonds is 2. The van der Waals surface area contributed by atoms with E-state index < -0.39 is 10.2 Å². The van der Waals surface area contributed by atoms with Crippen LogP contribution in [0.2, 0.25) is 0 Å². The largest absolute Gasteiger partial charge is 0.538 e. The van der Waals surface area contributed by atoms with E-state index in [0.717, 1.165) is 0 Å². The molecule has 1 heterocycles. The summed E-state index contributed by atoms with van der Waals surface area (Å²) in [5.41, 5.74) is 0. The lowest BCUT2D eigenvalue weighted by Crippen LogP contribution is -2.39. The molecule has 0 unspecified atom stereocenters. The molecule has 6 heteroatoms. The molecule has 1 saturated heterocycles. The Labute approximate surface area is 66.5 Å². The van der Waals surface area contributed by atoms with E-state index in [2.05, 4.69) is 4.72 Å². The van der Waals surface area contributed by atoms with E-state index in [4.69, 9.17) is 4.74 Å². The first kappa shape index (κ1) is 8.92. The van der Waals surface area contributed by atoms with E-state index >= 15 is 0 Å². The fraction of sp³-hybridized carbons (Fsp3) is 1.00. The van der Waals surface area contributed by atoms with Crippen LogP contribution in [0.3, 0.4) is 0 Å². The molecule has 1 fully saturated rings. The monoisotopic (exact) mass is 179 g/mol. The Bertz CT molecular complexity index is 208. The summed E-state index contributed by atoms with van der Waals surface area (Å²) in [5.74, 6) is 0. The predicted molar refractivity (Wildman–Crippen MR) is 40.6 cm³/mol. The minimum atomic E-state index is -3.34. The van der Waals surface area contributed by atoms with Crippen LogP contribution in [0, 0.1) is 0 Å². The van der Waals surface area contributed by atoms with Crippen LogP contribution in [0.1, 0.15) is 0 Å². The summed E-state index contributed by atoms with van der Waals surface area (Å²) < 4.78 is 31.7. The zero-order valence-electron chi connectivity index (χ0n) is 6.36. The van der Waals surface area contributed by atoms with E-state index in [1.807, 2.05) is 0 Å². The maximum Gasteiger partial charge on any atom is 0.137 e. The van der Waals surface area contributed by atoms with Gasteiger partial charge in [-0.05, 0) is 0 Å². The highest BCUT2D eigenvalue weighted by Gasteiger charge is 2.15. The molecule has 0 N–H and O–H groups in total. The van der Waals surface area contributed by atoms with E-state index in [9.17, 15) is 8.42 Å². The second-order valence-corrected chi connectivity index (χ2v) is 3.95. The molecule has 5 nitrogen and oxygen atoms in total. The lowest BCUT2D eigenvalue weighted by molar-refractivity contribution is 0.0734. The van der Waals surface area contributed by atoms with Gasteiger partial charge in [0, 0.05) is 13.1 Å². The van der Waals surface area contributed by atoms with Crippen LogP contribution < -0.4 is 0 Å². The fourth-order valence-electron chi connectivity index (χ4n) is 0.893. The first-order chi connectivity index (χ1) is 5.17. The molecular formula is C5H11N2O3S-. The Morgan fingerprint density at radius 3 is 2.36 bits per heavy atom. The lowest BCUT2D eigenvalue weighted by Gasteiger charge is -2.31. The maximum atomic E-state index is 11.1. The zero-order valence-corrected chi connectivity index (χ0v) is 7.17. The van der Waals surface area contributed by atoms with Gasteiger partial charge in [0.05, 0.1) is 13.2 Å². The van der Waals surface area contributed by atoms with E-state index in [0.29, 0.717) is 26.3 Å². The second-order valence-electron chi connectivity index (χ2n) is 2.17. The van der Waals surface area contributed by atoms with Gasteiger partial charge >= 0.3 is 0 Å². The van der Waals surface area contributed by atoms with Crippen LogP contribution in [0.4, 0.5) is 0 Å². The maximum absolute atomic E-state index is 11.1. The molecule has 0 radical (unpaired) electrons. The third-order valence-electron chi connectivity index (χ3n) is 1.53. The van der Waals surface area contributed by atoms with Gasteiger partial charge in [-0.3, -0.25) is 0 Å². The first-order valence-electron chi connectivity index (χ1n) is 3.36. The highest BCUT2D eigenvalue weighted by molar-refractivity contribution is 7.91. The molecule has 0 atom stereocenters. The second kappa shape index (κ2) is 3.48. The Balaban J connectivity index is 2.58. The number of hydrogen-bond acceptors (Lipinski definition) is 3. The normalized spacial score (nSPS) is 21.9. The van der Waals surface area contributed by atoms with Crippen LogP contribution in [0.15, 0.2) is 0 Å². The van der Waals surface area contributed by atoms with Gasteiger partial charge in [-0.1, -0.05) is 0 Å². The topological polar surface area (TPSA) is 60.7 Å². The standard InChI is InChI=1S/C5H11N2O3S/c1-6-11(8,9)7-2-4-10-5-3-7/h2-5H2,1H3/q-1. The first-order valence-corrected chi connectivity index (χ1v) is 4.75. The molecule has 0 aromatic rings. The molecule has 0 aromatic heterocycles. The van der Waals surface area contributed by atoms with Crippen LogP contribution in [0.25, 0.3) is 4.72 Å². The smallest absolute Gasteiger partial charge is 0.137 e. The van der Waals surface area contributed by atoms with Crippen LogP contribution in [-0.4, -0.2) is 46.1 Å². The molecule has 0 spiro atoms. The Morgan fingerprint density at radius 2 is 1.91 bits per heavy atom. The molecule has 66 valence electrons. The minimum absolute atomic E-state index is 0.416. The molecule has 1 aliphatic rings. The number of ether oxygens (including phenoxy) is 1. The van der Waals surface area contributed by atoms with Crippen molar-refractivity contribution in [2.45, 2.75) is 0 Å². The molecule has 1 aliphatic heterocycles. The summed E-state index contributed by atoms with van der Waals surface area (Å²) in [4.78, 5) is 0. The quantitative estimate of drug-likeness (QED) is 0.577. The van der Waals surface area contributed by atoms with Crippen LogP contribution >= 0.6 is 0 Å². The molecule has 0 aliphatic carbocycles. The highest BCUT2D eigenvalue weighted by atomic mass is 32.2. The Morgan fingerprint density at radius 1 is 1.36 bits per heavy atom. The minimum Gasteiger partial charge on any atom is -0.538 e. The Hall–Kier alpha value is -0.170. The van der Waals surface area contributed by atoms with Crippen LogP contribution in [-0.2, 0) is 14.9 Å². The average molecular weight is 179 g/mol. The van der Waals surface area contributed by atoms with Gasteiger partial charge in [0.1, 0.15) is 10.2 Å². The van der Waals surface area contributed by atoms with E-state index in [-0.39, 0.29) is 0 Å². The number of nitrogens with zero attached hydrogens (tertiary/aromatic N) is 2. The molecule has 0 aromatic carbocycles. The van der Waals surface area contributed by atoms with Gasteiger partial charge in [0.2, 0.25) is 0 Å². The molecule has 0 amide bonds. The molecular weight excluding hydrogens is 168 g/mol. The zero-order chi connectivity index (χ0) is 8.32. The van der Waals surface area contributed by atoms with Crippen molar-refractivity contribution >= 4 is 10.2 Å². The highest BCUT2D eigenvalue weighted by Crippen LogP contribution is 2.08. The van der Waals surface area contributed by atoms with Gasteiger partial charge in [0.15, 0.2) is 0 Å². The summed E-state index contributed by atoms with van der Waals surface area (Å²) >= 11 is 0. The SMILES string of the molecule is C[N-]S(=O)(=O)N1CCOCC1. The fourth-order valence-corrected chi connectivity index (χ4v) is 1.73. The van der Waals surface area contributed by atoms with Gasteiger partial charge in [0.25, 0.3) is 0 Å². The van der Waals surface area contributed by atoms with Crippen molar-refractivity contribution in [3.05, 3.63) is 4.72 Å². The van der Waals surface area contributed by atoms with Crippen molar-refractivity contribution in [1.82, 2.24) is 4.31 Å². The molecule has 0 bridgehead atoms. The molecule has 11 heavy (non-hydrogen) atoms. The van der Waals surface area contributed by atoms with Gasteiger partial charge in [-0.15, -0.1) is 7.05 Å². The molecule has 0 saturated carbocycles. The van der Waals surface area contributed by atoms with Gasteiger partial charge in [-0.2, -0.15) is 0 Å².